The molecule has 1 atom stereocenters. The van der Waals surface area contributed by atoms with E-state index in [4.69, 9.17) is 9.47 Å². The summed E-state index contributed by atoms with van der Waals surface area (Å²) >= 11 is 1.42. The lowest BCUT2D eigenvalue weighted by Crippen LogP contribution is -2.24. The van der Waals surface area contributed by atoms with Crippen LogP contribution in [-0.2, 0) is 0 Å². The number of carbonyl (C=O) groups is 1. The van der Waals surface area contributed by atoms with Crippen molar-refractivity contribution in [2.24, 2.45) is 0 Å². The molecule has 2 aromatic rings. The second kappa shape index (κ2) is 6.37. The summed E-state index contributed by atoms with van der Waals surface area (Å²) in [5, 5.41) is 15.0. The van der Waals surface area contributed by atoms with Crippen molar-refractivity contribution in [2.75, 3.05) is 13.3 Å². The summed E-state index contributed by atoms with van der Waals surface area (Å²) in [7, 11) is 0. The normalized spacial score (nSPS) is 13.9. The molecule has 0 fully saturated rings. The fourth-order valence-corrected chi connectivity index (χ4v) is 3.06. The molecule has 0 aliphatic carbocycles. The van der Waals surface area contributed by atoms with Crippen LogP contribution in [-0.4, -0.2) is 24.4 Å². The van der Waals surface area contributed by atoms with E-state index < -0.39 is 6.10 Å². The van der Waals surface area contributed by atoms with Gasteiger partial charge in [-0.3, -0.25) is 4.79 Å². The Morgan fingerprint density at radius 2 is 2.18 bits per heavy atom. The van der Waals surface area contributed by atoms with E-state index in [2.05, 4.69) is 5.32 Å². The van der Waals surface area contributed by atoms with E-state index >= 15 is 0 Å². The fraction of sp³-hybridized carbons (Fsp3) is 0.312. The van der Waals surface area contributed by atoms with E-state index in [0.29, 0.717) is 29.3 Å². The average molecular weight is 319 g/mol. The zero-order chi connectivity index (χ0) is 15.5. The molecule has 0 saturated carbocycles. The van der Waals surface area contributed by atoms with Gasteiger partial charge in [0.05, 0.1) is 11.0 Å². The Kier molecular flexibility index (Phi) is 4.31. The van der Waals surface area contributed by atoms with Gasteiger partial charge in [0.25, 0.3) is 5.91 Å². The topological polar surface area (TPSA) is 67.8 Å². The number of aryl methyl sites for hydroxylation is 1. The van der Waals surface area contributed by atoms with Gasteiger partial charge in [0.1, 0.15) is 0 Å². The standard InChI is InChI=1S/C16H17NO4S/c1-10-6-15(22-8-10)16(19)17-5-4-12(18)11-2-3-13-14(7-11)21-9-20-13/h2-3,6-8,12,18H,4-5,9H2,1H3,(H,17,19)/t12-/m0/s1. The van der Waals surface area contributed by atoms with Crippen molar-refractivity contribution in [1.82, 2.24) is 5.32 Å². The van der Waals surface area contributed by atoms with Gasteiger partial charge in [-0.2, -0.15) is 0 Å². The Labute approximate surface area is 132 Å². The molecule has 3 rings (SSSR count). The van der Waals surface area contributed by atoms with Crippen LogP contribution in [0.5, 0.6) is 11.5 Å². The molecule has 1 aromatic carbocycles. The summed E-state index contributed by atoms with van der Waals surface area (Å²) in [6, 6.07) is 7.22. The molecule has 1 amide bonds. The zero-order valence-electron chi connectivity index (χ0n) is 12.2. The van der Waals surface area contributed by atoms with E-state index in [1.165, 1.54) is 11.3 Å². The predicted molar refractivity (Wildman–Crippen MR) is 83.5 cm³/mol. The monoisotopic (exact) mass is 319 g/mol. The number of fused-ring (bicyclic) bond motifs is 1. The highest BCUT2D eigenvalue weighted by Crippen LogP contribution is 2.34. The Balaban J connectivity index is 1.52. The van der Waals surface area contributed by atoms with Crippen molar-refractivity contribution in [3.8, 4) is 11.5 Å². The quantitative estimate of drug-likeness (QED) is 0.889. The van der Waals surface area contributed by atoms with Crippen molar-refractivity contribution >= 4 is 17.2 Å². The molecular formula is C16H17NO4S. The SMILES string of the molecule is Cc1csc(C(=O)NCC[C@H](O)c2ccc3c(c2)OCO3)c1. The number of carbonyl (C=O) groups excluding carboxylic acids is 1. The minimum atomic E-state index is -0.653. The first-order valence-corrected chi connectivity index (χ1v) is 7.92. The lowest BCUT2D eigenvalue weighted by molar-refractivity contribution is 0.0946. The number of aliphatic hydroxyl groups is 1. The van der Waals surface area contributed by atoms with Crippen LogP contribution in [0.15, 0.2) is 29.6 Å². The first-order chi connectivity index (χ1) is 10.6. The van der Waals surface area contributed by atoms with E-state index in [9.17, 15) is 9.90 Å². The van der Waals surface area contributed by atoms with Crippen LogP contribution in [0.2, 0.25) is 0 Å². The van der Waals surface area contributed by atoms with Gasteiger partial charge in [0, 0.05) is 6.54 Å². The van der Waals surface area contributed by atoms with Gasteiger partial charge in [-0.15, -0.1) is 11.3 Å². The van der Waals surface area contributed by atoms with Gasteiger partial charge in [0.15, 0.2) is 11.5 Å². The minimum Gasteiger partial charge on any atom is -0.454 e. The third-order valence-corrected chi connectivity index (χ3v) is 4.49. The maximum Gasteiger partial charge on any atom is 0.261 e. The number of benzene rings is 1. The highest BCUT2D eigenvalue weighted by molar-refractivity contribution is 7.12. The number of nitrogens with one attached hydrogen (secondary N) is 1. The molecule has 0 spiro atoms. The first kappa shape index (κ1) is 14.9. The molecule has 1 aliphatic heterocycles. The van der Waals surface area contributed by atoms with E-state index in [1.807, 2.05) is 24.4 Å². The summed E-state index contributed by atoms with van der Waals surface area (Å²) in [5.41, 5.74) is 1.83. The molecule has 0 unspecified atom stereocenters. The molecule has 1 aliphatic rings. The molecule has 0 saturated heterocycles. The minimum absolute atomic E-state index is 0.101. The summed E-state index contributed by atoms with van der Waals surface area (Å²) in [6.07, 6.45) is -0.213. The number of amides is 1. The Morgan fingerprint density at radius 1 is 1.36 bits per heavy atom. The van der Waals surface area contributed by atoms with Crippen molar-refractivity contribution in [3.63, 3.8) is 0 Å². The molecular weight excluding hydrogens is 302 g/mol. The molecule has 2 heterocycles. The third-order valence-electron chi connectivity index (χ3n) is 3.44. The molecule has 5 nitrogen and oxygen atoms in total. The highest BCUT2D eigenvalue weighted by Gasteiger charge is 2.17. The number of aliphatic hydroxyl groups excluding tert-OH is 1. The van der Waals surface area contributed by atoms with Crippen LogP contribution in [0.4, 0.5) is 0 Å². The van der Waals surface area contributed by atoms with Crippen LogP contribution >= 0.6 is 11.3 Å². The second-order valence-corrected chi connectivity index (χ2v) is 6.07. The van der Waals surface area contributed by atoms with Gasteiger partial charge in [-0.25, -0.2) is 0 Å². The van der Waals surface area contributed by atoms with E-state index in [0.717, 1.165) is 11.1 Å². The smallest absolute Gasteiger partial charge is 0.261 e. The number of hydrogen-bond acceptors (Lipinski definition) is 5. The van der Waals surface area contributed by atoms with Crippen molar-refractivity contribution in [1.29, 1.82) is 0 Å². The molecule has 2 N–H and O–H groups in total. The van der Waals surface area contributed by atoms with Crippen molar-refractivity contribution in [2.45, 2.75) is 19.4 Å². The second-order valence-electron chi connectivity index (χ2n) is 5.16. The third kappa shape index (κ3) is 3.23. The molecule has 1 aromatic heterocycles. The predicted octanol–water partition coefficient (Wildman–Crippen LogP) is 2.64. The van der Waals surface area contributed by atoms with Crippen LogP contribution < -0.4 is 14.8 Å². The molecule has 6 heteroatoms. The summed E-state index contributed by atoms with van der Waals surface area (Å²) in [4.78, 5) is 12.6. The Hall–Kier alpha value is -2.05. The summed E-state index contributed by atoms with van der Waals surface area (Å²) in [5.74, 6) is 1.24. The largest absolute Gasteiger partial charge is 0.454 e. The Bertz CT molecular complexity index is 683. The van der Waals surface area contributed by atoms with E-state index in [1.54, 1.807) is 12.1 Å². The van der Waals surface area contributed by atoms with Gasteiger partial charge in [-0.1, -0.05) is 6.07 Å². The zero-order valence-corrected chi connectivity index (χ0v) is 13.0. The van der Waals surface area contributed by atoms with Gasteiger partial charge < -0.3 is 19.9 Å². The van der Waals surface area contributed by atoms with Crippen LogP contribution in [0.3, 0.4) is 0 Å². The number of hydrogen-bond donors (Lipinski definition) is 2. The van der Waals surface area contributed by atoms with Crippen LogP contribution in [0.1, 0.15) is 33.3 Å². The van der Waals surface area contributed by atoms with Gasteiger partial charge in [0.2, 0.25) is 6.79 Å². The van der Waals surface area contributed by atoms with Gasteiger partial charge in [-0.05, 0) is 48.1 Å². The first-order valence-electron chi connectivity index (χ1n) is 7.04. The highest BCUT2D eigenvalue weighted by atomic mass is 32.1. The van der Waals surface area contributed by atoms with Crippen molar-refractivity contribution in [3.05, 3.63) is 45.6 Å². The molecule has 0 bridgehead atoms. The molecule has 22 heavy (non-hydrogen) atoms. The average Bonchev–Trinajstić information content (AvgIpc) is 3.14. The van der Waals surface area contributed by atoms with Crippen LogP contribution in [0.25, 0.3) is 0 Å². The Morgan fingerprint density at radius 3 is 2.95 bits per heavy atom. The van der Waals surface area contributed by atoms with Gasteiger partial charge >= 0.3 is 0 Å². The summed E-state index contributed by atoms with van der Waals surface area (Å²) < 4.78 is 10.5. The van der Waals surface area contributed by atoms with Crippen LogP contribution in [0, 0.1) is 6.92 Å². The van der Waals surface area contributed by atoms with E-state index in [-0.39, 0.29) is 12.7 Å². The molecule has 0 radical (unpaired) electrons. The maximum absolute atomic E-state index is 11.9. The number of thiophene rings is 1. The number of rotatable bonds is 5. The number of ether oxygens (including phenoxy) is 2. The lowest BCUT2D eigenvalue weighted by Gasteiger charge is -2.12. The molecule has 116 valence electrons. The van der Waals surface area contributed by atoms with Crippen molar-refractivity contribution < 1.29 is 19.4 Å². The lowest BCUT2D eigenvalue weighted by atomic mass is 10.1. The maximum atomic E-state index is 11.9. The fourth-order valence-electron chi connectivity index (χ4n) is 2.25. The summed E-state index contributed by atoms with van der Waals surface area (Å²) in [6.45, 7) is 2.58.